The van der Waals surface area contributed by atoms with Gasteiger partial charge in [0, 0.05) is 19.1 Å². The first-order valence-electron chi connectivity index (χ1n) is 12.1. The number of rotatable bonds is 4. The van der Waals surface area contributed by atoms with Crippen molar-refractivity contribution in [3.63, 3.8) is 0 Å². The number of ether oxygens (including phenoxy) is 1. The van der Waals surface area contributed by atoms with Crippen LogP contribution in [0.4, 0.5) is 0 Å². The molecule has 1 aromatic heterocycles. The Kier molecular flexibility index (Phi) is 5.11. The maximum Gasteiger partial charge on any atom is 0.162 e. The molecule has 5 rings (SSSR count). The molecule has 168 valence electrons. The van der Waals surface area contributed by atoms with Crippen LogP contribution < -0.4 is 0 Å². The third kappa shape index (κ3) is 3.02. The lowest BCUT2D eigenvalue weighted by atomic mass is 9.43. The van der Waals surface area contributed by atoms with Gasteiger partial charge in [0.05, 0.1) is 17.9 Å². The van der Waals surface area contributed by atoms with Gasteiger partial charge in [-0.2, -0.15) is 0 Å². The Morgan fingerprint density at radius 2 is 1.93 bits per heavy atom. The van der Waals surface area contributed by atoms with E-state index in [9.17, 15) is 10.2 Å². The molecule has 1 unspecified atom stereocenters. The van der Waals surface area contributed by atoms with Crippen molar-refractivity contribution < 1.29 is 19.5 Å². The van der Waals surface area contributed by atoms with Gasteiger partial charge in [-0.15, -0.1) is 0 Å². The third-order valence-corrected chi connectivity index (χ3v) is 10.2. The van der Waals surface area contributed by atoms with Crippen molar-refractivity contribution >= 4 is 0 Å². The molecule has 0 radical (unpaired) electrons. The summed E-state index contributed by atoms with van der Waals surface area (Å²) in [5.41, 5.74) is 1.06. The molecule has 0 spiro atoms. The quantitative estimate of drug-likeness (QED) is 0.744. The molecule has 0 aliphatic heterocycles. The average Bonchev–Trinajstić information content (AvgIpc) is 3.31. The van der Waals surface area contributed by atoms with Crippen LogP contribution in [0.5, 0.6) is 0 Å². The highest BCUT2D eigenvalue weighted by atomic mass is 16.5. The van der Waals surface area contributed by atoms with Crippen LogP contribution in [-0.4, -0.2) is 34.7 Å². The normalized spacial score (nSPS) is 48.1. The van der Waals surface area contributed by atoms with Crippen molar-refractivity contribution in [1.82, 2.24) is 5.16 Å². The van der Waals surface area contributed by atoms with E-state index in [1.807, 2.05) is 20.1 Å². The lowest BCUT2D eigenvalue weighted by Gasteiger charge is -2.62. The van der Waals surface area contributed by atoms with E-state index in [0.29, 0.717) is 17.6 Å². The molecular weight excluding hydrogens is 378 g/mol. The molecule has 0 bridgehead atoms. The number of nitrogens with zero attached hydrogens (tertiary/aromatic N) is 1. The lowest BCUT2D eigenvalue weighted by molar-refractivity contribution is -0.172. The Labute approximate surface area is 180 Å². The van der Waals surface area contributed by atoms with Crippen LogP contribution in [0.15, 0.2) is 10.6 Å². The molecule has 4 fully saturated rings. The molecule has 1 heterocycles. The van der Waals surface area contributed by atoms with Gasteiger partial charge in [0.2, 0.25) is 0 Å². The van der Waals surface area contributed by atoms with Crippen LogP contribution in [0.2, 0.25) is 0 Å². The van der Waals surface area contributed by atoms with Crippen LogP contribution in [-0.2, 0) is 11.3 Å². The van der Waals surface area contributed by atoms with Gasteiger partial charge < -0.3 is 19.5 Å². The Bertz CT molecular complexity index is 775. The van der Waals surface area contributed by atoms with Crippen LogP contribution in [0.3, 0.4) is 0 Å². The van der Waals surface area contributed by atoms with Gasteiger partial charge in [0.25, 0.3) is 0 Å². The van der Waals surface area contributed by atoms with E-state index in [1.54, 1.807) is 0 Å². The van der Waals surface area contributed by atoms with E-state index >= 15 is 0 Å². The van der Waals surface area contributed by atoms with Crippen molar-refractivity contribution in [3.05, 3.63) is 17.5 Å². The summed E-state index contributed by atoms with van der Waals surface area (Å²) in [4.78, 5) is 0. The highest BCUT2D eigenvalue weighted by Crippen LogP contribution is 2.69. The monoisotopic (exact) mass is 417 g/mol. The molecule has 2 N–H and O–H groups in total. The molecule has 4 saturated carbocycles. The van der Waals surface area contributed by atoms with E-state index in [2.05, 4.69) is 12.1 Å². The predicted octanol–water partition coefficient (Wildman–Crippen LogP) is 4.67. The summed E-state index contributed by atoms with van der Waals surface area (Å²) in [5.74, 6) is 3.82. The zero-order valence-corrected chi connectivity index (χ0v) is 18.9. The number of fused-ring (bicyclic) bond motifs is 5. The lowest BCUT2D eigenvalue weighted by Crippen LogP contribution is -2.58. The number of hydrogen-bond donors (Lipinski definition) is 2. The van der Waals surface area contributed by atoms with Crippen LogP contribution in [0.1, 0.15) is 89.0 Å². The summed E-state index contributed by atoms with van der Waals surface area (Å²) in [7, 11) is 1.87. The fraction of sp³-hybridized carbons (Fsp3) is 0.880. The first-order chi connectivity index (χ1) is 14.3. The molecule has 0 saturated heterocycles. The van der Waals surface area contributed by atoms with Crippen molar-refractivity contribution in [2.24, 2.45) is 34.5 Å². The Hall–Kier alpha value is -0.910. The van der Waals surface area contributed by atoms with Crippen LogP contribution in [0, 0.1) is 34.5 Å². The minimum atomic E-state index is -0.506. The summed E-state index contributed by atoms with van der Waals surface area (Å²) in [6, 6.07) is 1.98. The van der Waals surface area contributed by atoms with Gasteiger partial charge in [0.15, 0.2) is 5.76 Å². The van der Waals surface area contributed by atoms with E-state index in [4.69, 9.17) is 9.26 Å². The second kappa shape index (κ2) is 7.31. The van der Waals surface area contributed by atoms with Gasteiger partial charge in [-0.25, -0.2) is 0 Å². The SMILES string of the molecule is COC[C@]12CC[C@@](C)(O)C[C@@H]1CCC1[C@@H]3CC[C@H](c4cc(CO)on4)[C@@]3(C)CC[C@@H]12. The van der Waals surface area contributed by atoms with Crippen molar-refractivity contribution in [2.75, 3.05) is 13.7 Å². The van der Waals surface area contributed by atoms with Crippen LogP contribution >= 0.6 is 0 Å². The maximum absolute atomic E-state index is 10.8. The minimum Gasteiger partial charge on any atom is -0.390 e. The first-order valence-corrected chi connectivity index (χ1v) is 12.1. The van der Waals surface area contributed by atoms with Gasteiger partial charge in [-0.1, -0.05) is 12.1 Å². The highest BCUT2D eigenvalue weighted by Gasteiger charge is 2.62. The second-order valence-electron chi connectivity index (χ2n) is 11.6. The van der Waals surface area contributed by atoms with Crippen molar-refractivity contribution in [3.8, 4) is 0 Å². The van der Waals surface area contributed by atoms with E-state index in [-0.39, 0.29) is 17.4 Å². The average molecular weight is 418 g/mol. The van der Waals surface area contributed by atoms with Crippen LogP contribution in [0.25, 0.3) is 0 Å². The molecule has 4 aliphatic carbocycles. The highest BCUT2D eigenvalue weighted by molar-refractivity contribution is 5.20. The predicted molar refractivity (Wildman–Crippen MR) is 114 cm³/mol. The Morgan fingerprint density at radius 3 is 2.67 bits per heavy atom. The molecular formula is C25H39NO4. The van der Waals surface area contributed by atoms with E-state index in [1.165, 1.54) is 38.5 Å². The molecule has 0 aromatic carbocycles. The van der Waals surface area contributed by atoms with E-state index in [0.717, 1.165) is 49.3 Å². The summed E-state index contributed by atoms with van der Waals surface area (Å²) in [5, 5.41) is 24.6. The minimum absolute atomic E-state index is 0.0741. The van der Waals surface area contributed by atoms with Gasteiger partial charge >= 0.3 is 0 Å². The number of aliphatic hydroxyl groups is 2. The third-order valence-electron chi connectivity index (χ3n) is 10.2. The van der Waals surface area contributed by atoms with E-state index < -0.39 is 5.60 Å². The molecule has 30 heavy (non-hydrogen) atoms. The summed E-state index contributed by atoms with van der Waals surface area (Å²) < 4.78 is 11.2. The number of methoxy groups -OCH3 is 1. The van der Waals surface area contributed by atoms with Gasteiger partial charge in [0.1, 0.15) is 6.61 Å². The standard InChI is InChI=1S/C25H39NO4/c1-23(28)10-11-25(15-29-3)16(13-23)4-5-18-19-6-7-21(22-12-17(14-27)30-26-22)24(19,2)9-8-20(18)25/h12,16,18-21,27-28H,4-11,13-15H2,1-3H3/t16-,18?,19-,20-,21+,23+,24-,25+/m0/s1. The summed E-state index contributed by atoms with van der Waals surface area (Å²) in [6.45, 7) is 5.31. The second-order valence-corrected chi connectivity index (χ2v) is 11.6. The molecule has 8 atom stereocenters. The molecule has 1 aromatic rings. The topological polar surface area (TPSA) is 75.7 Å². The fourth-order valence-corrected chi connectivity index (χ4v) is 8.84. The molecule has 0 amide bonds. The smallest absolute Gasteiger partial charge is 0.162 e. The largest absolute Gasteiger partial charge is 0.390 e. The number of hydrogen-bond acceptors (Lipinski definition) is 5. The Morgan fingerprint density at radius 1 is 1.10 bits per heavy atom. The molecule has 5 heteroatoms. The van der Waals surface area contributed by atoms with Crippen molar-refractivity contribution in [2.45, 2.75) is 89.8 Å². The zero-order valence-electron chi connectivity index (χ0n) is 18.9. The molecule has 5 nitrogen and oxygen atoms in total. The summed E-state index contributed by atoms with van der Waals surface area (Å²) in [6.07, 6.45) is 10.4. The van der Waals surface area contributed by atoms with Gasteiger partial charge in [-0.05, 0) is 99.2 Å². The van der Waals surface area contributed by atoms with Gasteiger partial charge in [-0.3, -0.25) is 0 Å². The maximum atomic E-state index is 10.8. The fourth-order valence-electron chi connectivity index (χ4n) is 8.84. The number of aliphatic hydroxyl groups excluding tert-OH is 1. The zero-order chi connectivity index (χ0) is 21.1. The summed E-state index contributed by atoms with van der Waals surface area (Å²) >= 11 is 0. The Balaban J connectivity index is 1.43. The first kappa shape index (κ1) is 21.0. The van der Waals surface area contributed by atoms with Crippen molar-refractivity contribution in [1.29, 1.82) is 0 Å². The molecule has 4 aliphatic rings. The number of aromatic nitrogens is 1.